The highest BCUT2D eigenvalue weighted by Gasteiger charge is 2.69. The number of rotatable bonds is 11. The number of methoxy groups -OCH3 is 1. The first-order valence-corrected chi connectivity index (χ1v) is 20.1. The molecule has 3 saturated carbocycles. The summed E-state index contributed by atoms with van der Waals surface area (Å²) in [7, 11) is 1.82. The predicted molar refractivity (Wildman–Crippen MR) is 213 cm³/mol. The average molecular weight is 771 g/mol. The van der Waals surface area contributed by atoms with Gasteiger partial charge in [0.2, 0.25) is 0 Å². The Morgan fingerprint density at radius 1 is 0.821 bits per heavy atom. The topological polar surface area (TPSA) is 148 Å². The van der Waals surface area contributed by atoms with E-state index in [2.05, 4.69) is 47.6 Å². The molecule has 11 heteroatoms. The van der Waals surface area contributed by atoms with Gasteiger partial charge in [-0.1, -0.05) is 58.8 Å². The number of allylic oxidation sites excluding steroid dienone is 1. The fourth-order valence-electron chi connectivity index (χ4n) is 12.0. The van der Waals surface area contributed by atoms with E-state index in [9.17, 15) is 29.8 Å². The van der Waals surface area contributed by atoms with Crippen molar-refractivity contribution in [2.45, 2.75) is 119 Å². The molecule has 6 rings (SSSR count). The van der Waals surface area contributed by atoms with Gasteiger partial charge in [-0.3, -0.25) is 20.2 Å². The third-order valence-electron chi connectivity index (χ3n) is 15.0. The summed E-state index contributed by atoms with van der Waals surface area (Å²) in [6.45, 7) is 18.1. The zero-order valence-electron chi connectivity index (χ0n) is 34.3. The summed E-state index contributed by atoms with van der Waals surface area (Å²) in [6.07, 6.45) is 10.0. The minimum absolute atomic E-state index is 0.0175. The van der Waals surface area contributed by atoms with Gasteiger partial charge in [0.1, 0.15) is 12.2 Å². The highest BCUT2D eigenvalue weighted by Crippen LogP contribution is 2.75. The Labute approximate surface area is 330 Å². The molecule has 0 heterocycles. The zero-order chi connectivity index (χ0) is 41.0. The van der Waals surface area contributed by atoms with Crippen LogP contribution in [0.4, 0.5) is 11.4 Å². The van der Waals surface area contributed by atoms with Gasteiger partial charge in [-0.25, -0.2) is 9.59 Å². The predicted octanol–water partition coefficient (Wildman–Crippen LogP) is 10.5. The molecule has 11 nitrogen and oxygen atoms in total. The monoisotopic (exact) mass is 770 g/mol. The van der Waals surface area contributed by atoms with E-state index in [0.29, 0.717) is 23.8 Å². The maximum absolute atomic E-state index is 13.3. The number of nitro benzene ring substituents is 2. The number of benzene rings is 2. The van der Waals surface area contributed by atoms with Crippen molar-refractivity contribution in [2.75, 3.05) is 7.11 Å². The van der Waals surface area contributed by atoms with Crippen LogP contribution in [0.2, 0.25) is 0 Å². The van der Waals surface area contributed by atoms with E-state index < -0.39 is 33.3 Å². The normalized spacial score (nSPS) is 32.7. The lowest BCUT2D eigenvalue weighted by molar-refractivity contribution is -0.385. The fraction of sp³-hybridized carbons (Fsp3) is 0.600. The van der Waals surface area contributed by atoms with E-state index in [1.165, 1.54) is 54.1 Å². The van der Waals surface area contributed by atoms with Crippen molar-refractivity contribution in [1.82, 2.24) is 0 Å². The van der Waals surface area contributed by atoms with Crippen LogP contribution in [0.1, 0.15) is 121 Å². The molecule has 0 amide bonds. The number of non-ortho nitro benzene ring substituents is 2. The molecular formula is C45H58N2O9. The standard InChI is InChI=1S/C45H58N2O9/c1-27(2)24-33(55-40(48)29-10-14-31(15-11-29)46(50)51)25-28(3)34-20-21-45(8)39-37(54-9)26-36-35(43(39,6)22-23-44(34,45)7)18-19-38(42(36,4)5)56-41(49)30-12-16-32(17-13-30)47(52)53/h10-17,24,26,28,33-35,37-39H,18-23,25H2,1-9H3/t28-,33+,34-,35-,37+,38+,39-,43+,44-,45+/m1/s1. The van der Waals surface area contributed by atoms with Crippen LogP contribution < -0.4 is 0 Å². The highest BCUT2D eigenvalue weighted by molar-refractivity contribution is 5.90. The Kier molecular flexibility index (Phi) is 11.2. The van der Waals surface area contributed by atoms with Gasteiger partial charge in [0.15, 0.2) is 0 Å². The molecule has 0 bridgehead atoms. The zero-order valence-corrected chi connectivity index (χ0v) is 34.3. The molecule has 0 aromatic heterocycles. The number of nitrogens with zero attached hydrogens (tertiary/aromatic N) is 2. The van der Waals surface area contributed by atoms with E-state index in [-0.39, 0.29) is 57.2 Å². The van der Waals surface area contributed by atoms with Crippen LogP contribution in [0.15, 0.2) is 71.8 Å². The van der Waals surface area contributed by atoms with E-state index >= 15 is 0 Å². The molecule has 0 N–H and O–H groups in total. The van der Waals surface area contributed by atoms with E-state index in [1.807, 2.05) is 27.0 Å². The van der Waals surface area contributed by atoms with Crippen LogP contribution in [-0.4, -0.2) is 47.2 Å². The number of hydrogen-bond donors (Lipinski definition) is 0. The molecule has 0 aliphatic heterocycles. The minimum atomic E-state index is -0.489. The second-order valence-electron chi connectivity index (χ2n) is 18.5. The lowest BCUT2D eigenvalue weighted by Gasteiger charge is -2.67. The number of fused-ring (bicyclic) bond motifs is 5. The summed E-state index contributed by atoms with van der Waals surface area (Å²) in [5.74, 6) is 0.274. The van der Waals surface area contributed by atoms with Crippen molar-refractivity contribution in [2.24, 2.45) is 45.3 Å². The van der Waals surface area contributed by atoms with Crippen LogP contribution in [0.5, 0.6) is 0 Å². The Balaban J connectivity index is 1.22. The Morgan fingerprint density at radius 3 is 1.93 bits per heavy atom. The van der Waals surface area contributed by atoms with Gasteiger partial charge in [0, 0.05) is 42.7 Å². The molecule has 0 saturated heterocycles. The number of carbonyl (C=O) groups excluding carboxylic acids is 2. The van der Waals surface area contributed by atoms with Crippen molar-refractivity contribution in [1.29, 1.82) is 0 Å². The van der Waals surface area contributed by atoms with Gasteiger partial charge in [-0.05, 0) is 123 Å². The van der Waals surface area contributed by atoms with Gasteiger partial charge < -0.3 is 14.2 Å². The van der Waals surface area contributed by atoms with Gasteiger partial charge in [-0.15, -0.1) is 0 Å². The van der Waals surface area contributed by atoms with Crippen LogP contribution in [0.3, 0.4) is 0 Å². The number of nitro groups is 2. The quantitative estimate of drug-likeness (QED) is 0.0942. The fourth-order valence-corrected chi connectivity index (χ4v) is 12.0. The molecule has 4 aliphatic carbocycles. The summed E-state index contributed by atoms with van der Waals surface area (Å²) in [4.78, 5) is 47.9. The van der Waals surface area contributed by atoms with Gasteiger partial charge >= 0.3 is 11.9 Å². The molecule has 10 atom stereocenters. The van der Waals surface area contributed by atoms with Crippen molar-refractivity contribution < 1.29 is 33.6 Å². The van der Waals surface area contributed by atoms with E-state index in [4.69, 9.17) is 14.2 Å². The van der Waals surface area contributed by atoms with Crippen molar-refractivity contribution in [3.8, 4) is 0 Å². The molecule has 3 fully saturated rings. The van der Waals surface area contributed by atoms with Crippen molar-refractivity contribution in [3.05, 3.63) is 103 Å². The first kappa shape index (κ1) is 41.3. The first-order chi connectivity index (χ1) is 26.3. The summed E-state index contributed by atoms with van der Waals surface area (Å²) < 4.78 is 18.8. The van der Waals surface area contributed by atoms with Crippen LogP contribution >= 0.6 is 0 Å². The molecule has 56 heavy (non-hydrogen) atoms. The lowest BCUT2D eigenvalue weighted by Crippen LogP contribution is -2.63. The third kappa shape index (κ3) is 7.09. The SMILES string of the molecule is CO[C@H]1C=C2[C@@H](CC[C@H](OC(=O)c3ccc([N+](=O)[O-])cc3)C2(C)C)[C@]2(C)CC[C@]3(C)[C@@H]([C@H](C)C[C@H](C=C(C)C)OC(=O)c4ccc([N+](=O)[O-])cc4)CC[C@@]3(C)[C@H]12. The van der Waals surface area contributed by atoms with Crippen LogP contribution in [0.25, 0.3) is 0 Å². The number of hydrogen-bond acceptors (Lipinski definition) is 9. The molecule has 0 spiro atoms. The van der Waals surface area contributed by atoms with E-state index in [0.717, 1.165) is 44.1 Å². The molecule has 302 valence electrons. The smallest absolute Gasteiger partial charge is 0.338 e. The van der Waals surface area contributed by atoms with Crippen molar-refractivity contribution >= 4 is 23.3 Å². The highest BCUT2D eigenvalue weighted by atomic mass is 16.6. The van der Waals surface area contributed by atoms with Crippen LogP contribution in [0, 0.1) is 65.6 Å². The summed E-state index contributed by atoms with van der Waals surface area (Å²) in [5.41, 5.74) is 2.32. The maximum atomic E-state index is 13.3. The third-order valence-corrected chi connectivity index (χ3v) is 15.0. The molecule has 2 aromatic rings. The van der Waals surface area contributed by atoms with Gasteiger partial charge in [-0.2, -0.15) is 0 Å². The second-order valence-corrected chi connectivity index (χ2v) is 18.5. The molecule has 2 aromatic carbocycles. The first-order valence-electron chi connectivity index (χ1n) is 20.1. The summed E-state index contributed by atoms with van der Waals surface area (Å²) in [5, 5.41) is 22.3. The van der Waals surface area contributed by atoms with Crippen LogP contribution in [-0.2, 0) is 14.2 Å². The lowest BCUT2D eigenvalue weighted by atomic mass is 9.38. The average Bonchev–Trinajstić information content (AvgIpc) is 3.42. The van der Waals surface area contributed by atoms with Crippen molar-refractivity contribution in [3.63, 3.8) is 0 Å². The Hall–Kier alpha value is -4.38. The molecular weight excluding hydrogens is 713 g/mol. The molecule has 0 radical (unpaired) electrons. The second kappa shape index (κ2) is 15.2. The van der Waals surface area contributed by atoms with Gasteiger partial charge in [0.05, 0.1) is 27.1 Å². The maximum Gasteiger partial charge on any atom is 0.338 e. The number of carbonyl (C=O) groups is 2. The Morgan fingerprint density at radius 2 is 1.39 bits per heavy atom. The summed E-state index contributed by atoms with van der Waals surface area (Å²) >= 11 is 0. The minimum Gasteiger partial charge on any atom is -0.458 e. The molecule has 4 aliphatic rings. The largest absolute Gasteiger partial charge is 0.458 e. The number of esters is 2. The molecule has 0 unspecified atom stereocenters. The number of ether oxygens (including phenoxy) is 3. The Bertz CT molecular complexity index is 1920. The summed E-state index contributed by atoms with van der Waals surface area (Å²) in [6, 6.07) is 11.1. The van der Waals surface area contributed by atoms with E-state index in [1.54, 1.807) is 0 Å². The van der Waals surface area contributed by atoms with Gasteiger partial charge in [0.25, 0.3) is 11.4 Å².